The van der Waals surface area contributed by atoms with Crippen molar-refractivity contribution in [2.75, 3.05) is 0 Å². The third kappa shape index (κ3) is 1.75. The number of nitrogens with one attached hydrogen (secondary N) is 1. The molecule has 0 aromatic heterocycles. The van der Waals surface area contributed by atoms with Crippen molar-refractivity contribution in [1.29, 1.82) is 0 Å². The van der Waals surface area contributed by atoms with Gasteiger partial charge in [-0.1, -0.05) is 44.7 Å². The van der Waals surface area contributed by atoms with Gasteiger partial charge in [0, 0.05) is 6.04 Å². The summed E-state index contributed by atoms with van der Waals surface area (Å²) in [6.45, 7) is 2.00. The molecule has 2 rings (SSSR count). The Morgan fingerprint density at radius 1 is 1.36 bits per heavy atom. The molecule has 1 amide bonds. The SMILES string of the molecule is CC1(C(=O)NC2CCCC2)CC1(Br)Br. The third-order valence-corrected chi connectivity index (χ3v) is 5.76. The fraction of sp³-hybridized carbons (Fsp3) is 0.900. The van der Waals surface area contributed by atoms with Gasteiger partial charge in [0.25, 0.3) is 0 Å². The molecule has 1 atom stereocenters. The van der Waals surface area contributed by atoms with Crippen LogP contribution >= 0.6 is 31.9 Å². The van der Waals surface area contributed by atoms with Crippen molar-refractivity contribution in [2.24, 2.45) is 5.41 Å². The standard InChI is InChI=1S/C10H15Br2NO/c1-9(6-10(9,11)12)8(14)13-7-4-2-3-5-7/h7H,2-6H2,1H3,(H,13,14). The Bertz CT molecular complexity index is 261. The van der Waals surface area contributed by atoms with Gasteiger partial charge in [0.2, 0.25) is 5.91 Å². The van der Waals surface area contributed by atoms with Crippen LogP contribution in [0.25, 0.3) is 0 Å². The van der Waals surface area contributed by atoms with Crippen LogP contribution < -0.4 is 5.32 Å². The van der Waals surface area contributed by atoms with Gasteiger partial charge in [-0.3, -0.25) is 4.79 Å². The van der Waals surface area contributed by atoms with E-state index in [2.05, 4.69) is 37.2 Å². The number of amides is 1. The molecule has 0 aromatic rings. The van der Waals surface area contributed by atoms with E-state index in [1.807, 2.05) is 6.92 Å². The molecule has 2 nitrogen and oxygen atoms in total. The minimum atomic E-state index is -0.254. The van der Waals surface area contributed by atoms with Crippen molar-refractivity contribution in [3.05, 3.63) is 0 Å². The number of hydrogen-bond donors (Lipinski definition) is 1. The molecule has 2 aliphatic rings. The zero-order chi connectivity index (χ0) is 10.4. The van der Waals surface area contributed by atoms with E-state index < -0.39 is 0 Å². The Morgan fingerprint density at radius 2 is 1.86 bits per heavy atom. The van der Waals surface area contributed by atoms with E-state index in [0.29, 0.717) is 6.04 Å². The first-order valence-electron chi connectivity index (χ1n) is 5.14. The van der Waals surface area contributed by atoms with Crippen molar-refractivity contribution < 1.29 is 4.79 Å². The molecule has 0 radical (unpaired) electrons. The van der Waals surface area contributed by atoms with Gasteiger partial charge in [0.15, 0.2) is 0 Å². The maximum atomic E-state index is 11.9. The molecule has 0 saturated heterocycles. The molecule has 2 aliphatic carbocycles. The second kappa shape index (κ2) is 3.48. The summed E-state index contributed by atoms with van der Waals surface area (Å²) in [4.78, 5) is 11.9. The van der Waals surface area contributed by atoms with Crippen LogP contribution in [-0.2, 0) is 4.79 Å². The molecule has 1 N–H and O–H groups in total. The topological polar surface area (TPSA) is 29.1 Å². The lowest BCUT2D eigenvalue weighted by molar-refractivity contribution is -0.126. The van der Waals surface area contributed by atoms with Crippen molar-refractivity contribution >= 4 is 37.8 Å². The van der Waals surface area contributed by atoms with Crippen molar-refractivity contribution in [3.8, 4) is 0 Å². The Labute approximate surface area is 101 Å². The molecule has 0 aromatic carbocycles. The Balaban J connectivity index is 1.90. The lowest BCUT2D eigenvalue weighted by Crippen LogP contribution is -2.39. The first-order chi connectivity index (χ1) is 6.46. The first-order valence-corrected chi connectivity index (χ1v) is 6.73. The second-order valence-electron chi connectivity index (χ2n) is 4.67. The van der Waals surface area contributed by atoms with E-state index in [1.54, 1.807) is 0 Å². The Hall–Kier alpha value is 0.430. The minimum Gasteiger partial charge on any atom is -0.353 e. The van der Waals surface area contributed by atoms with Crippen molar-refractivity contribution in [3.63, 3.8) is 0 Å². The summed E-state index contributed by atoms with van der Waals surface area (Å²) in [5.41, 5.74) is -0.254. The zero-order valence-corrected chi connectivity index (χ0v) is 11.4. The van der Waals surface area contributed by atoms with E-state index in [-0.39, 0.29) is 14.6 Å². The predicted octanol–water partition coefficient (Wildman–Crippen LogP) is 2.94. The first kappa shape index (κ1) is 10.9. The summed E-state index contributed by atoms with van der Waals surface area (Å²) >= 11 is 7.03. The highest BCUT2D eigenvalue weighted by molar-refractivity contribution is 9.25. The highest BCUT2D eigenvalue weighted by Gasteiger charge is 2.66. The normalized spacial score (nSPS) is 35.6. The van der Waals surface area contributed by atoms with Gasteiger partial charge < -0.3 is 5.32 Å². The largest absolute Gasteiger partial charge is 0.353 e. The van der Waals surface area contributed by atoms with Gasteiger partial charge in [-0.05, 0) is 26.2 Å². The molecule has 14 heavy (non-hydrogen) atoms. The maximum Gasteiger partial charge on any atom is 0.228 e. The highest BCUT2D eigenvalue weighted by atomic mass is 79.9. The molecule has 0 heterocycles. The molecule has 4 heteroatoms. The van der Waals surface area contributed by atoms with Gasteiger partial charge >= 0.3 is 0 Å². The van der Waals surface area contributed by atoms with Gasteiger partial charge in [0.1, 0.15) is 0 Å². The quantitative estimate of drug-likeness (QED) is 0.777. The molecule has 1 unspecified atom stereocenters. The monoisotopic (exact) mass is 323 g/mol. The van der Waals surface area contributed by atoms with Gasteiger partial charge in [-0.15, -0.1) is 0 Å². The van der Waals surface area contributed by atoms with Crippen LogP contribution in [0, 0.1) is 5.41 Å². The smallest absolute Gasteiger partial charge is 0.228 e. The number of rotatable bonds is 2. The van der Waals surface area contributed by atoms with E-state index >= 15 is 0 Å². The lowest BCUT2D eigenvalue weighted by Gasteiger charge is -2.17. The van der Waals surface area contributed by atoms with Crippen LogP contribution in [0.15, 0.2) is 0 Å². The number of alkyl halides is 2. The van der Waals surface area contributed by atoms with E-state index in [9.17, 15) is 4.79 Å². The van der Waals surface area contributed by atoms with Crippen molar-refractivity contribution in [2.45, 2.75) is 48.3 Å². The fourth-order valence-electron chi connectivity index (χ4n) is 2.06. The number of halogens is 2. The van der Waals surface area contributed by atoms with Crippen LogP contribution in [0.5, 0.6) is 0 Å². The summed E-state index contributed by atoms with van der Waals surface area (Å²) in [5.74, 6) is 0.193. The minimum absolute atomic E-state index is 0.157. The van der Waals surface area contributed by atoms with Crippen LogP contribution in [0.3, 0.4) is 0 Å². The molecule has 80 valence electrons. The van der Waals surface area contributed by atoms with Crippen molar-refractivity contribution in [1.82, 2.24) is 5.32 Å². The van der Waals surface area contributed by atoms with Gasteiger partial charge in [0.05, 0.1) is 8.65 Å². The maximum absolute atomic E-state index is 11.9. The lowest BCUT2D eigenvalue weighted by atomic mass is 10.1. The average molecular weight is 325 g/mol. The average Bonchev–Trinajstić information content (AvgIpc) is 2.54. The molecule has 0 bridgehead atoms. The number of carbonyl (C=O) groups excluding carboxylic acids is 1. The van der Waals surface area contributed by atoms with E-state index in [1.165, 1.54) is 12.8 Å². The summed E-state index contributed by atoms with van der Waals surface area (Å²) in [6.07, 6.45) is 5.70. The number of hydrogen-bond acceptors (Lipinski definition) is 1. The summed E-state index contributed by atoms with van der Waals surface area (Å²) in [6, 6.07) is 0.427. The molecule has 0 spiro atoms. The predicted molar refractivity (Wildman–Crippen MR) is 63.7 cm³/mol. The van der Waals surface area contributed by atoms with Crippen LogP contribution in [0.4, 0.5) is 0 Å². The summed E-state index contributed by atoms with van der Waals surface area (Å²) in [7, 11) is 0. The van der Waals surface area contributed by atoms with Crippen LogP contribution in [0.2, 0.25) is 0 Å². The molecule has 2 fully saturated rings. The van der Waals surface area contributed by atoms with E-state index in [4.69, 9.17) is 0 Å². The van der Waals surface area contributed by atoms with Crippen LogP contribution in [0.1, 0.15) is 39.0 Å². The third-order valence-electron chi connectivity index (χ3n) is 3.45. The molecular weight excluding hydrogens is 310 g/mol. The fourth-order valence-corrected chi connectivity index (χ4v) is 3.54. The summed E-state index contributed by atoms with van der Waals surface area (Å²) in [5, 5.41) is 3.14. The molecule has 0 aliphatic heterocycles. The Morgan fingerprint density at radius 3 is 2.29 bits per heavy atom. The second-order valence-corrected chi connectivity index (χ2v) is 8.44. The van der Waals surface area contributed by atoms with Gasteiger partial charge in [-0.25, -0.2) is 0 Å². The molecular formula is C10H15Br2NO. The van der Waals surface area contributed by atoms with Crippen LogP contribution in [-0.4, -0.2) is 15.2 Å². The van der Waals surface area contributed by atoms with Gasteiger partial charge in [-0.2, -0.15) is 0 Å². The molecule has 2 saturated carbocycles. The Kier molecular flexibility index (Phi) is 2.71. The highest BCUT2D eigenvalue weighted by Crippen LogP contribution is 2.66. The zero-order valence-electron chi connectivity index (χ0n) is 8.28. The summed E-state index contributed by atoms with van der Waals surface area (Å²) < 4.78 is -0.157. The van der Waals surface area contributed by atoms with E-state index in [0.717, 1.165) is 19.3 Å². The number of carbonyl (C=O) groups is 1.